The van der Waals surface area contributed by atoms with Crippen LogP contribution in [0.15, 0.2) is 53.5 Å². The molecule has 1 heterocycles. The van der Waals surface area contributed by atoms with Gasteiger partial charge in [-0.05, 0) is 55.8 Å². The van der Waals surface area contributed by atoms with Gasteiger partial charge in [0.15, 0.2) is 11.8 Å². The Bertz CT molecular complexity index is 974. The third kappa shape index (κ3) is 7.42. The van der Waals surface area contributed by atoms with Crippen molar-refractivity contribution < 1.29 is 9.47 Å². The number of aromatic nitrogens is 3. The van der Waals surface area contributed by atoms with E-state index in [1.54, 1.807) is 14.2 Å². The second-order valence-electron chi connectivity index (χ2n) is 6.89. The molecule has 8 nitrogen and oxygen atoms in total. The number of benzene rings is 2. The van der Waals surface area contributed by atoms with Gasteiger partial charge in [-0.25, -0.2) is 4.98 Å². The topological polar surface area (TPSA) is 96.5 Å². The zero-order valence-corrected chi connectivity index (χ0v) is 20.5. The van der Waals surface area contributed by atoms with Crippen molar-refractivity contribution in [3.63, 3.8) is 0 Å². The predicted octanol–water partition coefficient (Wildman–Crippen LogP) is 3.54. The first-order valence-corrected chi connectivity index (χ1v) is 9.81. The van der Waals surface area contributed by atoms with Gasteiger partial charge in [-0.2, -0.15) is 5.10 Å². The minimum Gasteiger partial charge on any atom is -0.497 e. The molecule has 0 saturated carbocycles. The maximum atomic E-state index is 5.94. The molecule has 0 amide bonds. The summed E-state index contributed by atoms with van der Waals surface area (Å²) in [5.41, 5.74) is 2.09. The van der Waals surface area contributed by atoms with E-state index < -0.39 is 0 Å². The summed E-state index contributed by atoms with van der Waals surface area (Å²) < 4.78 is 11.1. The van der Waals surface area contributed by atoms with Gasteiger partial charge < -0.3 is 20.1 Å². The summed E-state index contributed by atoms with van der Waals surface area (Å²) in [4.78, 5) is 8.77. The maximum absolute atomic E-state index is 5.94. The van der Waals surface area contributed by atoms with Gasteiger partial charge in [0.25, 0.3) is 0 Å². The molecule has 0 aliphatic rings. The summed E-state index contributed by atoms with van der Waals surface area (Å²) in [6.07, 6.45) is -0.0164. The van der Waals surface area contributed by atoms with Crippen molar-refractivity contribution in [1.82, 2.24) is 25.8 Å². The number of methoxy groups -OCH3 is 1. The molecule has 3 rings (SSSR count). The van der Waals surface area contributed by atoms with Gasteiger partial charge in [0.1, 0.15) is 23.4 Å². The summed E-state index contributed by atoms with van der Waals surface area (Å²) in [6, 6.07) is 15.6. The van der Waals surface area contributed by atoms with Gasteiger partial charge >= 0.3 is 0 Å². The van der Waals surface area contributed by atoms with Crippen LogP contribution < -0.4 is 20.1 Å². The lowest BCUT2D eigenvalue weighted by Crippen LogP contribution is -2.41. The van der Waals surface area contributed by atoms with Crippen LogP contribution in [-0.4, -0.2) is 47.9 Å². The molecule has 166 valence electrons. The minimum atomic E-state index is -0.0164. The highest BCUT2D eigenvalue weighted by Gasteiger charge is 2.09. The predicted molar refractivity (Wildman–Crippen MR) is 133 cm³/mol. The van der Waals surface area contributed by atoms with E-state index in [9.17, 15) is 0 Å². The molecule has 0 spiro atoms. The number of hydrogen-bond donors (Lipinski definition) is 3. The molecular formula is C22H29IN6O2. The summed E-state index contributed by atoms with van der Waals surface area (Å²) >= 11 is 0. The van der Waals surface area contributed by atoms with Crippen molar-refractivity contribution in [3.8, 4) is 22.9 Å². The smallest absolute Gasteiger partial charge is 0.191 e. The molecule has 0 radical (unpaired) electrons. The van der Waals surface area contributed by atoms with Crippen molar-refractivity contribution in [2.75, 3.05) is 20.7 Å². The molecule has 2 aromatic carbocycles. The molecule has 1 aromatic heterocycles. The largest absolute Gasteiger partial charge is 0.497 e. The number of H-pyrrole nitrogens is 1. The van der Waals surface area contributed by atoms with Gasteiger partial charge in [-0.3, -0.25) is 10.1 Å². The van der Waals surface area contributed by atoms with Crippen LogP contribution in [0.2, 0.25) is 0 Å². The number of nitrogens with zero attached hydrogens (tertiary/aromatic N) is 3. The number of nitrogens with one attached hydrogen (secondary N) is 3. The summed E-state index contributed by atoms with van der Waals surface area (Å²) in [7, 11) is 3.37. The maximum Gasteiger partial charge on any atom is 0.191 e. The fourth-order valence-electron chi connectivity index (χ4n) is 2.83. The van der Waals surface area contributed by atoms with Crippen molar-refractivity contribution >= 4 is 29.9 Å². The Labute approximate surface area is 199 Å². The molecule has 0 saturated heterocycles. The second kappa shape index (κ2) is 12.1. The van der Waals surface area contributed by atoms with Gasteiger partial charge in [-0.15, -0.1) is 24.0 Å². The third-order valence-corrected chi connectivity index (χ3v) is 4.41. The minimum absolute atomic E-state index is 0. The fraction of sp³-hybridized carbons (Fsp3) is 0.318. The molecule has 3 aromatic rings. The molecular weight excluding hydrogens is 507 g/mol. The van der Waals surface area contributed by atoms with E-state index >= 15 is 0 Å². The summed E-state index contributed by atoms with van der Waals surface area (Å²) in [6.45, 7) is 5.14. The van der Waals surface area contributed by atoms with Crippen LogP contribution in [0.5, 0.6) is 11.5 Å². The van der Waals surface area contributed by atoms with Gasteiger partial charge in [0.05, 0.1) is 20.2 Å². The van der Waals surface area contributed by atoms with Crippen LogP contribution in [0.3, 0.4) is 0 Å². The van der Waals surface area contributed by atoms with Crippen LogP contribution >= 0.6 is 24.0 Å². The summed E-state index contributed by atoms with van der Waals surface area (Å²) in [5, 5.41) is 13.7. The zero-order chi connectivity index (χ0) is 21.3. The Morgan fingerprint density at radius 1 is 1.13 bits per heavy atom. The Morgan fingerprint density at radius 2 is 1.90 bits per heavy atom. The Kier molecular flexibility index (Phi) is 9.57. The van der Waals surface area contributed by atoms with Crippen molar-refractivity contribution in [2.45, 2.75) is 26.5 Å². The van der Waals surface area contributed by atoms with Gasteiger partial charge in [0, 0.05) is 12.6 Å². The summed E-state index contributed by atoms with van der Waals surface area (Å²) in [5.74, 6) is 3.68. The number of aryl methyl sites for hydroxylation is 1. The van der Waals surface area contributed by atoms with Crippen LogP contribution in [0, 0.1) is 6.92 Å². The van der Waals surface area contributed by atoms with Crippen LogP contribution in [0.1, 0.15) is 18.3 Å². The molecule has 0 aliphatic heterocycles. The SMILES string of the molecule is CN=C(NCc1nc(-c2ccc(OC)cc2)n[nH]1)NCC(C)Oc1cccc(C)c1.I. The standard InChI is InChI=1S/C22H28N6O2.HI/c1-15-6-5-7-19(12-15)30-16(2)13-24-22(23-3)25-14-20-26-21(28-27-20)17-8-10-18(29-4)11-9-17;/h5-12,16H,13-14H2,1-4H3,(H2,23,24,25)(H,26,27,28);1H. The molecule has 1 unspecified atom stereocenters. The first-order valence-electron chi connectivity index (χ1n) is 9.81. The quantitative estimate of drug-likeness (QED) is 0.232. The van der Waals surface area contributed by atoms with Crippen LogP contribution in [0.25, 0.3) is 11.4 Å². The number of aromatic amines is 1. The van der Waals surface area contributed by atoms with Crippen LogP contribution in [-0.2, 0) is 6.54 Å². The number of aliphatic imine (C=N–C) groups is 1. The van der Waals surface area contributed by atoms with E-state index in [0.29, 0.717) is 30.7 Å². The number of hydrogen-bond acceptors (Lipinski definition) is 5. The highest BCUT2D eigenvalue weighted by atomic mass is 127. The molecule has 1 atom stereocenters. The lowest BCUT2D eigenvalue weighted by molar-refractivity contribution is 0.223. The third-order valence-electron chi connectivity index (χ3n) is 4.41. The first-order chi connectivity index (χ1) is 14.6. The number of ether oxygens (including phenoxy) is 2. The van der Waals surface area contributed by atoms with E-state index in [1.165, 1.54) is 5.56 Å². The van der Waals surface area contributed by atoms with Gasteiger partial charge in [-0.1, -0.05) is 12.1 Å². The lowest BCUT2D eigenvalue weighted by Gasteiger charge is -2.17. The molecule has 3 N–H and O–H groups in total. The Morgan fingerprint density at radius 3 is 2.58 bits per heavy atom. The van der Waals surface area contributed by atoms with Gasteiger partial charge in [0.2, 0.25) is 0 Å². The van der Waals surface area contributed by atoms with E-state index in [0.717, 1.165) is 17.1 Å². The van der Waals surface area contributed by atoms with Crippen molar-refractivity contribution in [1.29, 1.82) is 0 Å². The molecule has 0 aliphatic carbocycles. The molecule has 0 fully saturated rings. The van der Waals surface area contributed by atoms with E-state index in [1.807, 2.05) is 62.4 Å². The monoisotopic (exact) mass is 536 g/mol. The zero-order valence-electron chi connectivity index (χ0n) is 18.2. The number of halogens is 1. The Hall–Kier alpha value is -2.82. The average Bonchev–Trinajstić information content (AvgIpc) is 3.23. The normalized spacial score (nSPS) is 11.9. The van der Waals surface area contributed by atoms with Crippen molar-refractivity contribution in [3.05, 3.63) is 59.9 Å². The van der Waals surface area contributed by atoms with Crippen molar-refractivity contribution in [2.24, 2.45) is 4.99 Å². The fourth-order valence-corrected chi connectivity index (χ4v) is 2.83. The average molecular weight is 536 g/mol. The highest BCUT2D eigenvalue weighted by Crippen LogP contribution is 2.19. The lowest BCUT2D eigenvalue weighted by atomic mass is 10.2. The van der Waals surface area contributed by atoms with E-state index in [2.05, 4.69) is 30.8 Å². The number of guanidine groups is 1. The number of rotatable bonds is 8. The second-order valence-corrected chi connectivity index (χ2v) is 6.89. The highest BCUT2D eigenvalue weighted by molar-refractivity contribution is 14.0. The molecule has 0 bridgehead atoms. The van der Waals surface area contributed by atoms with E-state index in [-0.39, 0.29) is 30.1 Å². The van der Waals surface area contributed by atoms with Crippen LogP contribution in [0.4, 0.5) is 0 Å². The molecule has 31 heavy (non-hydrogen) atoms. The Balaban J connectivity index is 0.00000341. The molecule has 9 heteroatoms. The first kappa shape index (κ1) is 24.4. The van der Waals surface area contributed by atoms with E-state index in [4.69, 9.17) is 9.47 Å².